The highest BCUT2D eigenvalue weighted by atomic mass is 14.7. The molecule has 0 fully saturated rings. The maximum atomic E-state index is 4.07. The van der Waals surface area contributed by atoms with Crippen LogP contribution in [0.5, 0.6) is 0 Å². The molecule has 0 spiro atoms. The van der Waals surface area contributed by atoms with Gasteiger partial charge >= 0.3 is 0 Å². The molecule has 0 aliphatic rings. The van der Waals surface area contributed by atoms with E-state index in [0.29, 0.717) is 0 Å². The minimum atomic E-state index is 1.08. The van der Waals surface area contributed by atoms with Gasteiger partial charge in [0.05, 0.1) is 0 Å². The standard InChI is InChI=1S/C9H15N/c1-6-7(2)8(3)9(4)10-5/h6H,1H2,2-5H3/b8-7+,10-9?. The molecule has 56 valence electrons. The molecule has 0 saturated heterocycles. The number of hydrogen-bond acceptors (Lipinski definition) is 1. The average molecular weight is 137 g/mol. The molecule has 0 radical (unpaired) electrons. The zero-order valence-electron chi connectivity index (χ0n) is 7.23. The molecule has 10 heavy (non-hydrogen) atoms. The molecule has 0 atom stereocenters. The van der Waals surface area contributed by atoms with Gasteiger partial charge in [-0.15, -0.1) is 0 Å². The second-order valence-corrected chi connectivity index (χ2v) is 2.32. The molecule has 0 aromatic heterocycles. The Morgan fingerprint density at radius 1 is 1.30 bits per heavy atom. The van der Waals surface area contributed by atoms with Gasteiger partial charge in [0.2, 0.25) is 0 Å². The first-order valence-corrected chi connectivity index (χ1v) is 3.37. The van der Waals surface area contributed by atoms with Crippen LogP contribution < -0.4 is 0 Å². The molecule has 0 aliphatic heterocycles. The Labute approximate surface area is 63.2 Å². The molecule has 0 aromatic carbocycles. The smallest absolute Gasteiger partial charge is 0.0345 e. The molecule has 0 aliphatic carbocycles. The van der Waals surface area contributed by atoms with Gasteiger partial charge in [0.15, 0.2) is 0 Å². The Bertz CT molecular complexity index is 185. The SMILES string of the molecule is C=C/C(C)=C(\C)C(C)=NC. The number of aliphatic imine (C=N–C) groups is 1. The maximum Gasteiger partial charge on any atom is 0.0345 e. The first kappa shape index (κ1) is 9.15. The molecule has 0 bridgehead atoms. The van der Waals surface area contributed by atoms with Crippen LogP contribution in [0.1, 0.15) is 20.8 Å². The second kappa shape index (κ2) is 4.04. The predicted octanol–water partition coefficient (Wildman–Crippen LogP) is 2.60. The number of allylic oxidation sites excluding steroid dienone is 3. The van der Waals surface area contributed by atoms with Crippen LogP contribution in [-0.2, 0) is 0 Å². The van der Waals surface area contributed by atoms with E-state index in [1.807, 2.05) is 19.9 Å². The Morgan fingerprint density at radius 2 is 1.80 bits per heavy atom. The molecule has 0 N–H and O–H groups in total. The van der Waals surface area contributed by atoms with Gasteiger partial charge in [0.25, 0.3) is 0 Å². The van der Waals surface area contributed by atoms with Crippen molar-refractivity contribution < 1.29 is 0 Å². The average Bonchev–Trinajstić information content (AvgIpc) is 2.00. The summed E-state index contributed by atoms with van der Waals surface area (Å²) in [5, 5.41) is 0. The Hall–Kier alpha value is -0.850. The fraction of sp³-hybridized carbons (Fsp3) is 0.444. The topological polar surface area (TPSA) is 12.4 Å². The van der Waals surface area contributed by atoms with E-state index in [1.54, 1.807) is 7.05 Å². The first-order valence-electron chi connectivity index (χ1n) is 3.37. The van der Waals surface area contributed by atoms with Gasteiger partial charge in [0.1, 0.15) is 0 Å². The molecule has 0 aromatic rings. The summed E-state index contributed by atoms with van der Waals surface area (Å²) in [6, 6.07) is 0. The van der Waals surface area contributed by atoms with E-state index in [0.717, 1.165) is 5.71 Å². The van der Waals surface area contributed by atoms with Crippen LogP contribution in [0.3, 0.4) is 0 Å². The lowest BCUT2D eigenvalue weighted by Gasteiger charge is -2.01. The summed E-state index contributed by atoms with van der Waals surface area (Å²) in [5.41, 5.74) is 3.50. The summed E-state index contributed by atoms with van der Waals surface area (Å²) < 4.78 is 0. The van der Waals surface area contributed by atoms with Gasteiger partial charge in [0, 0.05) is 12.8 Å². The molecular formula is C9H15N. The zero-order chi connectivity index (χ0) is 8.15. The van der Waals surface area contributed by atoms with Gasteiger partial charge in [-0.1, -0.05) is 12.7 Å². The highest BCUT2D eigenvalue weighted by Gasteiger charge is 1.94. The van der Waals surface area contributed by atoms with E-state index in [9.17, 15) is 0 Å². The van der Waals surface area contributed by atoms with Crippen LogP contribution in [0.25, 0.3) is 0 Å². The van der Waals surface area contributed by atoms with Crippen LogP contribution in [0, 0.1) is 0 Å². The monoisotopic (exact) mass is 137 g/mol. The Balaban J connectivity index is 4.63. The van der Waals surface area contributed by atoms with Gasteiger partial charge in [-0.3, -0.25) is 4.99 Å². The summed E-state index contributed by atoms with van der Waals surface area (Å²) in [4.78, 5) is 4.07. The van der Waals surface area contributed by atoms with Crippen molar-refractivity contribution in [2.75, 3.05) is 7.05 Å². The zero-order valence-corrected chi connectivity index (χ0v) is 7.23. The molecule has 1 heteroatoms. The van der Waals surface area contributed by atoms with E-state index in [1.165, 1.54) is 11.1 Å². The molecule has 0 amide bonds. The summed E-state index contributed by atoms with van der Waals surface area (Å²) in [6.07, 6.45) is 1.85. The molecule has 0 heterocycles. The largest absolute Gasteiger partial charge is 0.293 e. The molecule has 0 saturated carbocycles. The van der Waals surface area contributed by atoms with E-state index in [2.05, 4.69) is 18.5 Å². The van der Waals surface area contributed by atoms with E-state index in [4.69, 9.17) is 0 Å². The molecular weight excluding hydrogens is 122 g/mol. The molecule has 1 nitrogen and oxygen atoms in total. The van der Waals surface area contributed by atoms with Gasteiger partial charge in [-0.05, 0) is 31.9 Å². The lowest BCUT2D eigenvalue weighted by molar-refractivity contribution is 1.34. The number of nitrogens with zero attached hydrogens (tertiary/aromatic N) is 1. The van der Waals surface area contributed by atoms with Crippen molar-refractivity contribution in [3.63, 3.8) is 0 Å². The van der Waals surface area contributed by atoms with Crippen molar-refractivity contribution in [1.29, 1.82) is 0 Å². The highest BCUT2D eigenvalue weighted by Crippen LogP contribution is 2.05. The minimum absolute atomic E-state index is 1.08. The van der Waals surface area contributed by atoms with Crippen LogP contribution >= 0.6 is 0 Å². The van der Waals surface area contributed by atoms with Crippen molar-refractivity contribution in [2.24, 2.45) is 4.99 Å². The van der Waals surface area contributed by atoms with Crippen molar-refractivity contribution in [3.8, 4) is 0 Å². The van der Waals surface area contributed by atoms with Gasteiger partial charge in [-0.2, -0.15) is 0 Å². The van der Waals surface area contributed by atoms with Crippen LogP contribution in [0.4, 0.5) is 0 Å². The maximum absolute atomic E-state index is 4.07. The van der Waals surface area contributed by atoms with E-state index >= 15 is 0 Å². The van der Waals surface area contributed by atoms with Gasteiger partial charge < -0.3 is 0 Å². The summed E-state index contributed by atoms with van der Waals surface area (Å²) >= 11 is 0. The third-order valence-electron chi connectivity index (χ3n) is 1.78. The van der Waals surface area contributed by atoms with Crippen LogP contribution in [0.2, 0.25) is 0 Å². The number of hydrogen-bond donors (Lipinski definition) is 0. The van der Waals surface area contributed by atoms with Gasteiger partial charge in [-0.25, -0.2) is 0 Å². The summed E-state index contributed by atoms with van der Waals surface area (Å²) in [6.45, 7) is 9.78. The predicted molar refractivity (Wildman–Crippen MR) is 47.6 cm³/mol. The fourth-order valence-electron chi connectivity index (χ4n) is 0.606. The third-order valence-corrected chi connectivity index (χ3v) is 1.78. The quantitative estimate of drug-likeness (QED) is 0.410. The van der Waals surface area contributed by atoms with Crippen molar-refractivity contribution in [1.82, 2.24) is 0 Å². The normalized spacial score (nSPS) is 14.6. The summed E-state index contributed by atoms with van der Waals surface area (Å²) in [5.74, 6) is 0. The first-order chi connectivity index (χ1) is 4.63. The lowest BCUT2D eigenvalue weighted by Crippen LogP contribution is -1.94. The highest BCUT2D eigenvalue weighted by molar-refractivity contribution is 5.98. The van der Waals surface area contributed by atoms with Crippen LogP contribution in [-0.4, -0.2) is 12.8 Å². The Kier molecular flexibility index (Phi) is 3.70. The van der Waals surface area contributed by atoms with Crippen LogP contribution in [0.15, 0.2) is 28.8 Å². The molecule has 0 unspecified atom stereocenters. The second-order valence-electron chi connectivity index (χ2n) is 2.32. The van der Waals surface area contributed by atoms with E-state index in [-0.39, 0.29) is 0 Å². The third kappa shape index (κ3) is 2.18. The lowest BCUT2D eigenvalue weighted by atomic mass is 10.1. The Morgan fingerprint density at radius 3 is 2.10 bits per heavy atom. The molecule has 0 rings (SSSR count). The minimum Gasteiger partial charge on any atom is -0.293 e. The van der Waals surface area contributed by atoms with Crippen molar-refractivity contribution in [3.05, 3.63) is 23.8 Å². The fourth-order valence-corrected chi connectivity index (χ4v) is 0.606. The number of rotatable bonds is 2. The van der Waals surface area contributed by atoms with Crippen molar-refractivity contribution >= 4 is 5.71 Å². The summed E-state index contributed by atoms with van der Waals surface area (Å²) in [7, 11) is 1.80. The van der Waals surface area contributed by atoms with E-state index < -0.39 is 0 Å². The van der Waals surface area contributed by atoms with Crippen molar-refractivity contribution in [2.45, 2.75) is 20.8 Å².